The van der Waals surface area contributed by atoms with Crippen molar-refractivity contribution in [1.82, 2.24) is 9.97 Å². The number of aromatic nitrogens is 2. The number of nitrogens with one attached hydrogen (secondary N) is 1. The molecule has 0 aliphatic rings. The molecule has 1 unspecified atom stereocenters. The minimum Gasteiger partial charge on any atom is -0.475 e. The van der Waals surface area contributed by atoms with E-state index in [2.05, 4.69) is 28.5 Å². The zero-order valence-corrected chi connectivity index (χ0v) is 12.3. The van der Waals surface area contributed by atoms with Crippen molar-refractivity contribution in [2.75, 3.05) is 23.9 Å². The molecule has 0 aliphatic heterocycles. The van der Waals surface area contributed by atoms with Crippen molar-refractivity contribution >= 4 is 34.5 Å². The van der Waals surface area contributed by atoms with E-state index in [0.29, 0.717) is 17.3 Å². The molecule has 0 bridgehead atoms. The fourth-order valence-electron chi connectivity index (χ4n) is 1.92. The smallest absolute Gasteiger partial charge is 0.374 e. The predicted molar refractivity (Wildman–Crippen MR) is 82.5 cm³/mol. The van der Waals surface area contributed by atoms with Crippen molar-refractivity contribution in [3.8, 4) is 0 Å². The molecule has 5 nitrogen and oxygen atoms in total. The lowest BCUT2D eigenvalue weighted by Crippen LogP contribution is -2.16. The number of carboxylic acids is 1. The zero-order valence-electron chi connectivity index (χ0n) is 11.5. The second-order valence-corrected chi connectivity index (χ2v) is 5.57. The molecule has 1 aromatic carbocycles. The molecule has 106 valence electrons. The monoisotopic (exact) mass is 291 g/mol. The van der Waals surface area contributed by atoms with Crippen molar-refractivity contribution in [2.45, 2.75) is 6.92 Å². The quantitative estimate of drug-likeness (QED) is 0.852. The number of carbonyl (C=O) groups is 1. The van der Waals surface area contributed by atoms with Gasteiger partial charge in [0.1, 0.15) is 5.82 Å². The van der Waals surface area contributed by atoms with Crippen LogP contribution in [-0.2, 0) is 0 Å². The third kappa shape index (κ3) is 3.39. The summed E-state index contributed by atoms with van der Waals surface area (Å²) >= 11 is 1.79. The molecule has 1 atom stereocenters. The van der Waals surface area contributed by atoms with Crippen molar-refractivity contribution in [1.29, 1.82) is 0 Å². The minimum atomic E-state index is -1.11. The molecule has 1 aromatic heterocycles. The molecule has 2 aromatic rings. The van der Waals surface area contributed by atoms with E-state index in [9.17, 15) is 4.79 Å². The third-order valence-corrected chi connectivity index (χ3v) is 3.77. The normalized spacial score (nSPS) is 12.3. The second-order valence-electron chi connectivity index (χ2n) is 4.66. The Morgan fingerprint density at radius 3 is 2.85 bits per heavy atom. The lowest BCUT2D eigenvalue weighted by molar-refractivity contribution is 0.0684. The molecule has 0 saturated carbocycles. The van der Waals surface area contributed by atoms with Gasteiger partial charge < -0.3 is 10.4 Å². The summed E-state index contributed by atoms with van der Waals surface area (Å²) in [4.78, 5) is 19.2. The molecule has 0 amide bonds. The van der Waals surface area contributed by atoms with E-state index in [-0.39, 0.29) is 5.82 Å². The number of carboxylic acid groups (broad SMARTS) is 1. The number of para-hydroxylation sites is 1. The number of aromatic carboxylic acids is 1. The number of hydrogen-bond acceptors (Lipinski definition) is 5. The Bertz CT molecular complexity index is 618. The van der Waals surface area contributed by atoms with Gasteiger partial charge in [0.25, 0.3) is 0 Å². The van der Waals surface area contributed by atoms with Gasteiger partial charge >= 0.3 is 5.97 Å². The Kier molecular flexibility index (Phi) is 4.79. The molecule has 6 heteroatoms. The van der Waals surface area contributed by atoms with Gasteiger partial charge in [-0.15, -0.1) is 0 Å². The Morgan fingerprint density at radius 1 is 1.40 bits per heavy atom. The van der Waals surface area contributed by atoms with Gasteiger partial charge in [-0.2, -0.15) is 11.8 Å². The second kappa shape index (κ2) is 6.56. The lowest BCUT2D eigenvalue weighted by atomic mass is 10.2. The van der Waals surface area contributed by atoms with Crippen LogP contribution in [0.1, 0.15) is 17.5 Å². The fourth-order valence-corrected chi connectivity index (χ4v) is 2.61. The highest BCUT2D eigenvalue weighted by molar-refractivity contribution is 7.98. The van der Waals surface area contributed by atoms with Crippen molar-refractivity contribution in [3.05, 3.63) is 30.1 Å². The van der Waals surface area contributed by atoms with Gasteiger partial charge in [-0.3, -0.25) is 0 Å². The predicted octanol–water partition coefficient (Wildman–Crippen LogP) is 2.74. The van der Waals surface area contributed by atoms with Crippen LogP contribution in [0.5, 0.6) is 0 Å². The maximum absolute atomic E-state index is 11.1. The van der Waals surface area contributed by atoms with Crippen molar-refractivity contribution in [3.63, 3.8) is 0 Å². The number of fused-ring (bicyclic) bond motifs is 1. The van der Waals surface area contributed by atoms with Crippen LogP contribution in [0.25, 0.3) is 10.9 Å². The standard InChI is InChI=1S/C14H17N3O2S/c1-9(8-20-2)7-15-12-10-5-3-4-6-11(10)16-13(17-12)14(18)19/h3-6,9H,7-8H2,1-2H3,(H,18,19)(H,15,16,17). The van der Waals surface area contributed by atoms with Crippen LogP contribution in [0.3, 0.4) is 0 Å². The van der Waals surface area contributed by atoms with Gasteiger partial charge in [-0.25, -0.2) is 14.8 Å². The van der Waals surface area contributed by atoms with E-state index in [0.717, 1.165) is 17.7 Å². The maximum atomic E-state index is 11.1. The van der Waals surface area contributed by atoms with Crippen LogP contribution >= 0.6 is 11.8 Å². The Labute approximate surface area is 121 Å². The molecule has 0 spiro atoms. The molecule has 20 heavy (non-hydrogen) atoms. The van der Waals surface area contributed by atoms with E-state index in [1.165, 1.54) is 0 Å². The van der Waals surface area contributed by atoms with Gasteiger partial charge in [0.05, 0.1) is 5.52 Å². The molecule has 1 heterocycles. The summed E-state index contributed by atoms with van der Waals surface area (Å²) in [7, 11) is 0. The Balaban J connectivity index is 2.32. The first-order valence-electron chi connectivity index (χ1n) is 6.34. The van der Waals surface area contributed by atoms with E-state index in [1.54, 1.807) is 17.8 Å². The summed E-state index contributed by atoms with van der Waals surface area (Å²) in [6.07, 6.45) is 2.07. The highest BCUT2D eigenvalue weighted by atomic mass is 32.2. The summed E-state index contributed by atoms with van der Waals surface area (Å²) in [5, 5.41) is 13.2. The summed E-state index contributed by atoms with van der Waals surface area (Å²) in [6, 6.07) is 7.41. The van der Waals surface area contributed by atoms with Crippen LogP contribution in [-0.4, -0.2) is 39.6 Å². The average Bonchev–Trinajstić information content (AvgIpc) is 2.44. The van der Waals surface area contributed by atoms with E-state index >= 15 is 0 Å². The zero-order chi connectivity index (χ0) is 14.5. The average molecular weight is 291 g/mol. The van der Waals surface area contributed by atoms with Gasteiger partial charge in [0.15, 0.2) is 0 Å². The van der Waals surface area contributed by atoms with Gasteiger partial charge in [-0.05, 0) is 30.1 Å². The van der Waals surface area contributed by atoms with E-state index < -0.39 is 5.97 Å². The highest BCUT2D eigenvalue weighted by Gasteiger charge is 2.13. The summed E-state index contributed by atoms with van der Waals surface area (Å²) in [6.45, 7) is 2.89. The van der Waals surface area contributed by atoms with Crippen molar-refractivity contribution < 1.29 is 9.90 Å². The molecule has 0 radical (unpaired) electrons. The number of nitrogens with zero attached hydrogens (tertiary/aromatic N) is 2. The van der Waals surface area contributed by atoms with Crippen LogP contribution < -0.4 is 5.32 Å². The molecule has 0 fully saturated rings. The molecular formula is C14H17N3O2S. The number of benzene rings is 1. The molecular weight excluding hydrogens is 274 g/mol. The van der Waals surface area contributed by atoms with Crippen LogP contribution in [0.4, 0.5) is 5.82 Å². The first kappa shape index (κ1) is 14.6. The minimum absolute atomic E-state index is 0.177. The van der Waals surface area contributed by atoms with E-state index in [4.69, 9.17) is 5.11 Å². The van der Waals surface area contributed by atoms with Crippen LogP contribution in [0.2, 0.25) is 0 Å². The Morgan fingerprint density at radius 2 is 2.15 bits per heavy atom. The summed E-state index contributed by atoms with van der Waals surface area (Å²) in [5.74, 6) is 0.814. The van der Waals surface area contributed by atoms with Crippen molar-refractivity contribution in [2.24, 2.45) is 5.92 Å². The van der Waals surface area contributed by atoms with Gasteiger partial charge in [0.2, 0.25) is 5.82 Å². The maximum Gasteiger partial charge on any atom is 0.374 e. The number of rotatable bonds is 6. The first-order valence-corrected chi connectivity index (χ1v) is 7.74. The SMILES string of the molecule is CSCC(C)CNc1nc(C(=O)O)nc2ccccc12. The van der Waals surface area contributed by atoms with E-state index in [1.807, 2.05) is 18.2 Å². The Hall–Kier alpha value is -1.82. The third-order valence-electron chi connectivity index (χ3n) is 2.86. The number of hydrogen-bond donors (Lipinski definition) is 2. The van der Waals surface area contributed by atoms with Crippen LogP contribution in [0.15, 0.2) is 24.3 Å². The van der Waals surface area contributed by atoms with Gasteiger partial charge in [0, 0.05) is 11.9 Å². The topological polar surface area (TPSA) is 75.1 Å². The molecule has 0 saturated heterocycles. The highest BCUT2D eigenvalue weighted by Crippen LogP contribution is 2.20. The summed E-state index contributed by atoms with van der Waals surface area (Å²) in [5.41, 5.74) is 0.639. The molecule has 0 aliphatic carbocycles. The molecule has 2 rings (SSSR count). The lowest BCUT2D eigenvalue weighted by Gasteiger charge is -2.13. The van der Waals surface area contributed by atoms with Crippen LogP contribution in [0, 0.1) is 5.92 Å². The molecule has 2 N–H and O–H groups in total. The fraction of sp³-hybridized carbons (Fsp3) is 0.357. The number of anilines is 1. The number of thioether (sulfide) groups is 1. The van der Waals surface area contributed by atoms with Gasteiger partial charge in [-0.1, -0.05) is 19.1 Å². The first-order chi connectivity index (χ1) is 9.61. The largest absolute Gasteiger partial charge is 0.475 e. The summed E-state index contributed by atoms with van der Waals surface area (Å²) < 4.78 is 0.